The zero-order valence-corrected chi connectivity index (χ0v) is 11.0. The van der Waals surface area contributed by atoms with Crippen LogP contribution < -0.4 is 0 Å². The number of halogens is 3. The lowest BCUT2D eigenvalue weighted by atomic mass is 9.68. The average molecular weight is 292 g/mol. The molecule has 0 unspecified atom stereocenters. The minimum absolute atomic E-state index is 0.0344. The van der Waals surface area contributed by atoms with Crippen LogP contribution in [0.25, 0.3) is 0 Å². The lowest BCUT2D eigenvalue weighted by Gasteiger charge is -2.35. The summed E-state index contributed by atoms with van der Waals surface area (Å²) in [5.74, 6) is -0.412. The topological polar surface area (TPSA) is 65.2 Å². The van der Waals surface area contributed by atoms with E-state index in [0.29, 0.717) is 12.8 Å². The molecule has 0 N–H and O–H groups in total. The van der Waals surface area contributed by atoms with Crippen molar-refractivity contribution in [3.8, 4) is 0 Å². The third-order valence-electron chi connectivity index (χ3n) is 3.38. The Morgan fingerprint density at radius 3 is 2.65 bits per heavy atom. The van der Waals surface area contributed by atoms with E-state index < -0.39 is 24.0 Å². The molecule has 1 aromatic heterocycles. The normalized spacial score (nSPS) is 17.6. The molecule has 0 amide bonds. The van der Waals surface area contributed by atoms with E-state index in [9.17, 15) is 18.0 Å². The van der Waals surface area contributed by atoms with Crippen LogP contribution >= 0.6 is 0 Å². The second-order valence-electron chi connectivity index (χ2n) is 4.79. The van der Waals surface area contributed by atoms with Gasteiger partial charge in [-0.2, -0.15) is 18.2 Å². The van der Waals surface area contributed by atoms with E-state index in [-0.39, 0.29) is 24.7 Å². The number of hydrogen-bond acceptors (Lipinski definition) is 5. The van der Waals surface area contributed by atoms with E-state index in [2.05, 4.69) is 10.1 Å². The number of carbonyl (C=O) groups excluding carboxylic acids is 1. The highest BCUT2D eigenvalue weighted by atomic mass is 19.4. The van der Waals surface area contributed by atoms with Gasteiger partial charge in [-0.25, -0.2) is 0 Å². The second-order valence-corrected chi connectivity index (χ2v) is 4.79. The minimum Gasteiger partial charge on any atom is -0.465 e. The van der Waals surface area contributed by atoms with E-state index in [1.165, 1.54) is 0 Å². The molecular weight excluding hydrogens is 277 g/mol. The standard InChI is InChI=1S/C12H15F3N2O3/c1-2-19-10(18)11(5-3-6-11)9-16-8(17-20-9)4-7-12(13,14)15/h2-7H2,1H3. The summed E-state index contributed by atoms with van der Waals surface area (Å²) in [6.07, 6.45) is -3.78. The quantitative estimate of drug-likeness (QED) is 0.780. The summed E-state index contributed by atoms with van der Waals surface area (Å²) < 4.78 is 46.3. The maximum absolute atomic E-state index is 12.1. The summed E-state index contributed by atoms with van der Waals surface area (Å²) in [6, 6.07) is 0. The number of esters is 1. The summed E-state index contributed by atoms with van der Waals surface area (Å²) in [5, 5.41) is 3.52. The Morgan fingerprint density at radius 1 is 1.45 bits per heavy atom. The van der Waals surface area contributed by atoms with Gasteiger partial charge in [0, 0.05) is 6.42 Å². The highest BCUT2D eigenvalue weighted by Crippen LogP contribution is 2.44. The minimum atomic E-state index is -4.27. The predicted molar refractivity (Wildman–Crippen MR) is 60.8 cm³/mol. The van der Waals surface area contributed by atoms with Crippen LogP contribution in [0.4, 0.5) is 13.2 Å². The third-order valence-corrected chi connectivity index (χ3v) is 3.38. The van der Waals surface area contributed by atoms with Gasteiger partial charge in [-0.05, 0) is 19.8 Å². The van der Waals surface area contributed by atoms with Crippen molar-refractivity contribution in [3.05, 3.63) is 11.7 Å². The number of aryl methyl sites for hydroxylation is 1. The van der Waals surface area contributed by atoms with Crippen molar-refractivity contribution in [1.82, 2.24) is 10.1 Å². The molecule has 2 rings (SSSR count). The van der Waals surface area contributed by atoms with Gasteiger partial charge in [0.05, 0.1) is 13.0 Å². The van der Waals surface area contributed by atoms with Crippen molar-refractivity contribution in [2.75, 3.05) is 6.61 Å². The van der Waals surface area contributed by atoms with Crippen LogP contribution in [0.5, 0.6) is 0 Å². The Balaban J connectivity index is 2.09. The molecule has 0 bridgehead atoms. The predicted octanol–water partition coefficient (Wildman–Crippen LogP) is 2.55. The van der Waals surface area contributed by atoms with Gasteiger partial charge in [-0.15, -0.1) is 0 Å². The lowest BCUT2D eigenvalue weighted by Crippen LogP contribution is -2.44. The Hall–Kier alpha value is -1.60. The molecule has 20 heavy (non-hydrogen) atoms. The molecular formula is C12H15F3N2O3. The smallest absolute Gasteiger partial charge is 0.389 e. The first-order valence-corrected chi connectivity index (χ1v) is 6.44. The van der Waals surface area contributed by atoms with E-state index >= 15 is 0 Å². The number of alkyl halides is 3. The van der Waals surface area contributed by atoms with E-state index in [1.807, 2.05) is 0 Å². The Labute approximate surface area is 113 Å². The van der Waals surface area contributed by atoms with Gasteiger partial charge in [0.2, 0.25) is 5.89 Å². The van der Waals surface area contributed by atoms with Gasteiger partial charge in [0.25, 0.3) is 0 Å². The molecule has 0 aromatic carbocycles. The van der Waals surface area contributed by atoms with Crippen molar-refractivity contribution in [3.63, 3.8) is 0 Å². The molecule has 1 fully saturated rings. The van der Waals surface area contributed by atoms with Gasteiger partial charge in [0.1, 0.15) is 5.41 Å². The van der Waals surface area contributed by atoms with E-state index in [0.717, 1.165) is 6.42 Å². The third kappa shape index (κ3) is 2.94. The molecule has 0 aliphatic heterocycles. The number of hydrogen-bond donors (Lipinski definition) is 0. The van der Waals surface area contributed by atoms with Crippen molar-refractivity contribution >= 4 is 5.97 Å². The first-order chi connectivity index (χ1) is 9.37. The highest BCUT2D eigenvalue weighted by molar-refractivity contribution is 5.82. The molecule has 0 radical (unpaired) electrons. The van der Waals surface area contributed by atoms with Crippen molar-refractivity contribution in [2.24, 2.45) is 0 Å². The molecule has 1 heterocycles. The van der Waals surface area contributed by atoms with Crippen molar-refractivity contribution in [2.45, 2.75) is 50.6 Å². The molecule has 8 heteroatoms. The molecule has 1 aliphatic rings. The molecule has 5 nitrogen and oxygen atoms in total. The first kappa shape index (κ1) is 14.8. The average Bonchev–Trinajstić information content (AvgIpc) is 2.73. The van der Waals surface area contributed by atoms with Gasteiger partial charge in [-0.1, -0.05) is 11.6 Å². The largest absolute Gasteiger partial charge is 0.465 e. The zero-order valence-electron chi connectivity index (χ0n) is 11.0. The number of rotatable bonds is 5. The van der Waals surface area contributed by atoms with Crippen LogP contribution in [0.15, 0.2) is 4.52 Å². The monoisotopic (exact) mass is 292 g/mol. The van der Waals surface area contributed by atoms with Crippen LogP contribution in [0.1, 0.15) is 44.3 Å². The maximum Gasteiger partial charge on any atom is 0.389 e. The molecule has 112 valence electrons. The second kappa shape index (κ2) is 5.41. The number of ether oxygens (including phenoxy) is 1. The Morgan fingerprint density at radius 2 is 2.15 bits per heavy atom. The number of aromatic nitrogens is 2. The van der Waals surface area contributed by atoms with Crippen molar-refractivity contribution < 1.29 is 27.2 Å². The molecule has 1 saturated carbocycles. The van der Waals surface area contributed by atoms with Crippen LogP contribution in [0, 0.1) is 0 Å². The Kier molecular flexibility index (Phi) is 4.01. The van der Waals surface area contributed by atoms with Crippen LogP contribution in [0.3, 0.4) is 0 Å². The summed E-state index contributed by atoms with van der Waals surface area (Å²) in [5.41, 5.74) is -0.959. The maximum atomic E-state index is 12.1. The van der Waals surface area contributed by atoms with Gasteiger partial charge in [0.15, 0.2) is 5.82 Å². The first-order valence-electron chi connectivity index (χ1n) is 6.44. The van der Waals surface area contributed by atoms with Gasteiger partial charge >= 0.3 is 12.1 Å². The van der Waals surface area contributed by atoms with E-state index in [4.69, 9.17) is 9.26 Å². The molecule has 1 aromatic rings. The fourth-order valence-corrected chi connectivity index (χ4v) is 2.11. The Bertz CT molecular complexity index is 481. The fourth-order valence-electron chi connectivity index (χ4n) is 2.11. The van der Waals surface area contributed by atoms with Crippen LogP contribution in [-0.4, -0.2) is 28.9 Å². The van der Waals surface area contributed by atoms with Gasteiger partial charge in [-0.3, -0.25) is 4.79 Å². The number of carbonyl (C=O) groups is 1. The van der Waals surface area contributed by atoms with Gasteiger partial charge < -0.3 is 9.26 Å². The number of nitrogens with zero attached hydrogens (tertiary/aromatic N) is 2. The lowest BCUT2D eigenvalue weighted by molar-refractivity contribution is -0.155. The van der Waals surface area contributed by atoms with Crippen molar-refractivity contribution in [1.29, 1.82) is 0 Å². The fraction of sp³-hybridized carbons (Fsp3) is 0.750. The molecule has 0 spiro atoms. The zero-order chi connectivity index (χ0) is 14.8. The molecule has 0 atom stereocenters. The SMILES string of the molecule is CCOC(=O)C1(c2nc(CCC(F)(F)F)no2)CCC1. The molecule has 1 aliphatic carbocycles. The van der Waals surface area contributed by atoms with Crippen LogP contribution in [0.2, 0.25) is 0 Å². The molecule has 0 saturated heterocycles. The van der Waals surface area contributed by atoms with Crippen LogP contribution in [-0.2, 0) is 21.4 Å². The summed E-state index contributed by atoms with van der Waals surface area (Å²) in [6.45, 7) is 1.92. The highest BCUT2D eigenvalue weighted by Gasteiger charge is 2.52. The summed E-state index contributed by atoms with van der Waals surface area (Å²) >= 11 is 0. The van der Waals surface area contributed by atoms with E-state index in [1.54, 1.807) is 6.92 Å². The summed E-state index contributed by atoms with van der Waals surface area (Å²) in [4.78, 5) is 15.9. The summed E-state index contributed by atoms with van der Waals surface area (Å²) in [7, 11) is 0.